The lowest BCUT2D eigenvalue weighted by Crippen LogP contribution is -2.71. The van der Waals surface area contributed by atoms with E-state index in [0.717, 1.165) is 37.2 Å². The van der Waals surface area contributed by atoms with Crippen LogP contribution in [0.15, 0.2) is 35.9 Å². The lowest BCUT2D eigenvalue weighted by atomic mass is 9.69. The van der Waals surface area contributed by atoms with Crippen LogP contribution in [-0.4, -0.2) is 54.5 Å². The highest BCUT2D eigenvalue weighted by Gasteiger charge is 2.68. The monoisotopic (exact) mass is 338 g/mol. The van der Waals surface area contributed by atoms with Crippen molar-refractivity contribution in [3.8, 4) is 0 Å². The van der Waals surface area contributed by atoms with Crippen molar-refractivity contribution in [2.24, 2.45) is 5.92 Å². The van der Waals surface area contributed by atoms with Gasteiger partial charge in [0.1, 0.15) is 11.6 Å². The number of piperidine rings is 2. The number of Topliss-reactive ketones (excluding diaryl/α,β-unsaturated/α-hetero) is 1. The van der Waals surface area contributed by atoms with Gasteiger partial charge in [-0.1, -0.05) is 23.8 Å². The van der Waals surface area contributed by atoms with Gasteiger partial charge in [0.25, 0.3) is 0 Å². The van der Waals surface area contributed by atoms with E-state index in [-0.39, 0.29) is 23.7 Å². The van der Waals surface area contributed by atoms with Crippen LogP contribution in [0, 0.1) is 5.92 Å². The topological polar surface area (TPSA) is 49.9 Å². The van der Waals surface area contributed by atoms with Gasteiger partial charge >= 0.3 is 5.97 Å². The highest BCUT2D eigenvalue weighted by atomic mass is 16.5. The second-order valence-corrected chi connectivity index (χ2v) is 7.55. The Morgan fingerprint density at radius 3 is 2.92 bits per heavy atom. The molecule has 5 nitrogen and oxygen atoms in total. The summed E-state index contributed by atoms with van der Waals surface area (Å²) in [5.74, 6) is 0.0720. The van der Waals surface area contributed by atoms with E-state index < -0.39 is 11.6 Å². The van der Waals surface area contributed by atoms with Crippen molar-refractivity contribution in [2.75, 3.05) is 25.1 Å². The molecule has 0 N–H and O–H groups in total. The largest absolute Gasteiger partial charge is 0.467 e. The van der Waals surface area contributed by atoms with Crippen molar-refractivity contribution in [2.45, 2.75) is 37.4 Å². The molecule has 5 heteroatoms. The van der Waals surface area contributed by atoms with E-state index in [4.69, 9.17) is 4.74 Å². The summed E-state index contributed by atoms with van der Waals surface area (Å²) in [5, 5.41) is 0. The van der Waals surface area contributed by atoms with Crippen molar-refractivity contribution in [1.82, 2.24) is 4.90 Å². The Kier molecular flexibility index (Phi) is 2.99. The van der Waals surface area contributed by atoms with Crippen molar-refractivity contribution >= 4 is 17.4 Å². The number of hydrogen-bond donors (Lipinski definition) is 0. The smallest absolute Gasteiger partial charge is 0.329 e. The first-order valence-electron chi connectivity index (χ1n) is 9.03. The van der Waals surface area contributed by atoms with Crippen LogP contribution in [0.5, 0.6) is 0 Å². The standard InChI is InChI=1S/C20H22N2O3/c1-3-12-11-21-9-8-20-16(21)10-14(12)17(19(24)25-2)22(20)15-7-5-4-6-13(15)18(20)23/h3-7,14,16-17H,8-11H2,1-2H3/b12-3-/t14-,16-,17-,20-/m0/s1. The highest BCUT2D eigenvalue weighted by molar-refractivity contribution is 6.16. The Labute approximate surface area is 147 Å². The van der Waals surface area contributed by atoms with E-state index in [1.807, 2.05) is 31.2 Å². The number of para-hydroxylation sites is 1. The summed E-state index contributed by atoms with van der Waals surface area (Å²) >= 11 is 0. The van der Waals surface area contributed by atoms with Crippen molar-refractivity contribution < 1.29 is 14.3 Å². The normalized spacial score (nSPS) is 37.2. The van der Waals surface area contributed by atoms with Gasteiger partial charge in [-0.05, 0) is 31.9 Å². The molecular formula is C20H22N2O3. The van der Waals surface area contributed by atoms with Crippen molar-refractivity contribution in [3.05, 3.63) is 41.5 Å². The summed E-state index contributed by atoms with van der Waals surface area (Å²) in [7, 11) is 1.45. The molecule has 1 spiro atoms. The minimum atomic E-state index is -0.599. The fourth-order valence-corrected chi connectivity index (χ4v) is 5.80. The van der Waals surface area contributed by atoms with Gasteiger partial charge in [-0.25, -0.2) is 4.79 Å². The molecule has 4 atom stereocenters. The van der Waals surface area contributed by atoms with Gasteiger partial charge in [-0.2, -0.15) is 0 Å². The number of carbonyl (C=O) groups is 2. The number of carbonyl (C=O) groups excluding carboxylic acids is 2. The minimum Gasteiger partial charge on any atom is -0.467 e. The molecule has 0 amide bonds. The Balaban J connectivity index is 1.77. The quantitative estimate of drug-likeness (QED) is 0.579. The molecule has 4 aliphatic rings. The maximum absolute atomic E-state index is 13.5. The molecule has 0 aliphatic carbocycles. The predicted octanol–water partition coefficient (Wildman–Crippen LogP) is 2.02. The number of methoxy groups -OCH3 is 1. The second kappa shape index (κ2) is 4.94. The first-order valence-corrected chi connectivity index (χ1v) is 9.03. The van der Waals surface area contributed by atoms with Crippen molar-refractivity contribution in [1.29, 1.82) is 0 Å². The van der Waals surface area contributed by atoms with Crippen LogP contribution >= 0.6 is 0 Å². The number of fused-ring (bicyclic) bond motifs is 3. The van der Waals surface area contributed by atoms with Gasteiger partial charge in [-0.15, -0.1) is 0 Å². The average molecular weight is 338 g/mol. The molecular weight excluding hydrogens is 316 g/mol. The number of benzene rings is 1. The van der Waals surface area contributed by atoms with Gasteiger partial charge in [0.2, 0.25) is 0 Å². The summed E-state index contributed by atoms with van der Waals surface area (Å²) < 4.78 is 5.20. The zero-order valence-electron chi connectivity index (χ0n) is 14.6. The van der Waals surface area contributed by atoms with Crippen LogP contribution in [-0.2, 0) is 9.53 Å². The number of ether oxygens (including phenoxy) is 1. The summed E-state index contributed by atoms with van der Waals surface area (Å²) in [6.07, 6.45) is 3.78. The number of anilines is 1. The van der Waals surface area contributed by atoms with Gasteiger partial charge in [-0.3, -0.25) is 9.69 Å². The molecule has 1 aromatic carbocycles. The molecule has 25 heavy (non-hydrogen) atoms. The first kappa shape index (κ1) is 15.1. The molecule has 0 radical (unpaired) electrons. The third kappa shape index (κ3) is 1.62. The number of hydrogen-bond acceptors (Lipinski definition) is 5. The lowest BCUT2D eigenvalue weighted by Gasteiger charge is -2.55. The molecule has 5 rings (SSSR count). The van der Waals surface area contributed by atoms with Crippen molar-refractivity contribution in [3.63, 3.8) is 0 Å². The van der Waals surface area contributed by atoms with Gasteiger partial charge in [0.05, 0.1) is 7.11 Å². The summed E-state index contributed by atoms with van der Waals surface area (Å²) in [4.78, 5) is 30.9. The maximum atomic E-state index is 13.5. The Morgan fingerprint density at radius 1 is 1.36 bits per heavy atom. The number of rotatable bonds is 1. The van der Waals surface area contributed by atoms with Gasteiger partial charge < -0.3 is 9.64 Å². The molecule has 0 aromatic heterocycles. The Hall–Kier alpha value is -2.14. The fraction of sp³-hybridized carbons (Fsp3) is 0.500. The number of esters is 1. The molecule has 0 saturated carbocycles. The van der Waals surface area contributed by atoms with Crippen LogP contribution in [0.4, 0.5) is 5.69 Å². The first-order chi connectivity index (χ1) is 12.1. The number of ketones is 1. The lowest BCUT2D eigenvalue weighted by molar-refractivity contribution is -0.145. The molecule has 3 fully saturated rings. The SMILES string of the molecule is C/C=C1/CN2CC[C@]34C(=O)c5ccccc5N3[C@H](C(=O)OC)[C@H]1C[C@H]24. The van der Waals surface area contributed by atoms with Gasteiger partial charge in [0, 0.05) is 36.3 Å². The maximum Gasteiger partial charge on any atom is 0.329 e. The van der Waals surface area contributed by atoms with Gasteiger partial charge in [0.15, 0.2) is 5.78 Å². The van der Waals surface area contributed by atoms with Crippen LogP contribution in [0.3, 0.4) is 0 Å². The van der Waals surface area contributed by atoms with E-state index in [2.05, 4.69) is 15.9 Å². The van der Waals surface area contributed by atoms with E-state index >= 15 is 0 Å². The third-order valence-corrected chi connectivity index (χ3v) is 6.82. The third-order valence-electron chi connectivity index (χ3n) is 6.82. The highest BCUT2D eigenvalue weighted by Crippen LogP contribution is 2.56. The second-order valence-electron chi connectivity index (χ2n) is 7.55. The fourth-order valence-electron chi connectivity index (χ4n) is 5.80. The molecule has 130 valence electrons. The zero-order valence-corrected chi connectivity index (χ0v) is 14.6. The minimum absolute atomic E-state index is 0.115. The summed E-state index contributed by atoms with van der Waals surface area (Å²) in [6.45, 7) is 3.81. The Morgan fingerprint density at radius 2 is 2.16 bits per heavy atom. The van der Waals surface area contributed by atoms with E-state index in [1.165, 1.54) is 12.7 Å². The van der Waals surface area contributed by atoms with E-state index in [0.29, 0.717) is 0 Å². The summed E-state index contributed by atoms with van der Waals surface area (Å²) in [6, 6.07) is 7.52. The average Bonchev–Trinajstić information content (AvgIpc) is 3.16. The van der Waals surface area contributed by atoms with E-state index in [9.17, 15) is 9.59 Å². The Bertz CT molecular complexity index is 817. The van der Waals surface area contributed by atoms with Crippen LogP contribution in [0.1, 0.15) is 30.1 Å². The molecule has 3 saturated heterocycles. The van der Waals surface area contributed by atoms with Crippen LogP contribution in [0.25, 0.3) is 0 Å². The van der Waals surface area contributed by atoms with Crippen LogP contribution < -0.4 is 4.90 Å². The van der Waals surface area contributed by atoms with Crippen LogP contribution in [0.2, 0.25) is 0 Å². The molecule has 4 heterocycles. The molecule has 0 unspecified atom stereocenters. The number of allylic oxidation sites excluding steroid dienone is 1. The molecule has 2 bridgehead atoms. The van der Waals surface area contributed by atoms with E-state index in [1.54, 1.807) is 0 Å². The molecule has 1 aromatic rings. The number of nitrogens with zero attached hydrogens (tertiary/aromatic N) is 2. The predicted molar refractivity (Wildman–Crippen MR) is 93.6 cm³/mol. The molecule has 4 aliphatic heterocycles. The zero-order chi connectivity index (χ0) is 17.3. The summed E-state index contributed by atoms with van der Waals surface area (Å²) in [5.41, 5.74) is 2.35.